The Labute approximate surface area is 147 Å². The van der Waals surface area contributed by atoms with E-state index in [9.17, 15) is 28.1 Å². The van der Waals surface area contributed by atoms with Crippen molar-refractivity contribution < 1.29 is 28.0 Å². The maximum Gasteiger partial charge on any atom is 0.318 e. The lowest BCUT2D eigenvalue weighted by molar-refractivity contribution is -0.384. The fourth-order valence-electron chi connectivity index (χ4n) is 1.90. The van der Waals surface area contributed by atoms with Gasteiger partial charge in [0.25, 0.3) is 11.6 Å². The largest absolute Gasteiger partial charge is 0.480 e. The molecule has 2 aromatic carbocycles. The minimum absolute atomic E-state index is 0.148. The summed E-state index contributed by atoms with van der Waals surface area (Å²) in [6.07, 6.45) is 0. The Morgan fingerprint density at radius 1 is 1.04 bits per heavy atom. The number of carbonyl (C=O) groups excluding carboxylic acids is 1. The number of benzene rings is 2. The molecule has 0 spiro atoms. The summed E-state index contributed by atoms with van der Waals surface area (Å²) in [5, 5.41) is 21.6. The molecule has 0 fully saturated rings. The molecular weight excluding hydrogens is 366 g/mol. The van der Waals surface area contributed by atoms with Crippen molar-refractivity contribution in [2.45, 2.75) is 4.90 Å². The molecular formula is C15H13N3O7S. The number of hydrogen-bond donors (Lipinski definition) is 3. The zero-order chi connectivity index (χ0) is 19.3. The molecule has 0 bridgehead atoms. The van der Waals surface area contributed by atoms with Crippen LogP contribution in [-0.2, 0) is 14.8 Å². The van der Waals surface area contributed by atoms with E-state index in [2.05, 4.69) is 5.32 Å². The summed E-state index contributed by atoms with van der Waals surface area (Å²) >= 11 is 0. The lowest BCUT2D eigenvalue weighted by Crippen LogP contribution is -2.29. The molecule has 0 aromatic heterocycles. The number of carboxylic acids is 1. The van der Waals surface area contributed by atoms with Gasteiger partial charge < -0.3 is 10.4 Å². The van der Waals surface area contributed by atoms with E-state index in [4.69, 9.17) is 5.11 Å². The van der Waals surface area contributed by atoms with Crippen LogP contribution >= 0.6 is 0 Å². The van der Waals surface area contributed by atoms with Gasteiger partial charge in [0.05, 0.1) is 9.82 Å². The topological polar surface area (TPSA) is 156 Å². The minimum atomic E-state index is -3.97. The second-order valence-electron chi connectivity index (χ2n) is 5.00. The molecule has 0 aliphatic heterocycles. The number of nitrogens with zero attached hydrogens (tertiary/aromatic N) is 1. The third-order valence-electron chi connectivity index (χ3n) is 3.18. The van der Waals surface area contributed by atoms with Gasteiger partial charge in [-0.2, -0.15) is 4.72 Å². The minimum Gasteiger partial charge on any atom is -0.480 e. The fourth-order valence-corrected chi connectivity index (χ4v) is 2.87. The Morgan fingerprint density at radius 3 is 2.12 bits per heavy atom. The number of non-ortho nitro benzene ring substituents is 1. The van der Waals surface area contributed by atoms with E-state index in [0.29, 0.717) is 5.69 Å². The molecule has 0 aliphatic carbocycles. The molecule has 0 unspecified atom stereocenters. The van der Waals surface area contributed by atoms with Crippen molar-refractivity contribution in [2.24, 2.45) is 0 Å². The lowest BCUT2D eigenvalue weighted by atomic mass is 10.2. The lowest BCUT2D eigenvalue weighted by Gasteiger charge is -2.08. The molecule has 3 N–H and O–H groups in total. The van der Waals surface area contributed by atoms with Crippen LogP contribution in [0.4, 0.5) is 11.4 Å². The molecule has 2 aromatic rings. The summed E-state index contributed by atoms with van der Waals surface area (Å²) in [7, 11) is -3.97. The Hall–Kier alpha value is -3.31. The molecule has 11 heteroatoms. The van der Waals surface area contributed by atoms with Gasteiger partial charge >= 0.3 is 5.97 Å². The maximum atomic E-state index is 12.1. The first kappa shape index (κ1) is 19.0. The SMILES string of the molecule is O=C(O)CNS(=O)(=O)c1ccc(NC(=O)c2ccc([N+](=O)[O-])cc2)cc1. The van der Waals surface area contributed by atoms with E-state index >= 15 is 0 Å². The number of nitrogens with one attached hydrogen (secondary N) is 2. The molecule has 0 radical (unpaired) electrons. The number of amides is 1. The van der Waals surface area contributed by atoms with E-state index in [-0.39, 0.29) is 16.1 Å². The monoisotopic (exact) mass is 379 g/mol. The number of sulfonamides is 1. The van der Waals surface area contributed by atoms with Gasteiger partial charge in [-0.1, -0.05) is 0 Å². The molecule has 10 nitrogen and oxygen atoms in total. The van der Waals surface area contributed by atoms with E-state index < -0.39 is 33.4 Å². The van der Waals surface area contributed by atoms with Crippen LogP contribution in [-0.4, -0.2) is 36.9 Å². The summed E-state index contributed by atoms with van der Waals surface area (Å²) in [5.74, 6) is -1.85. The molecule has 0 saturated heterocycles. The second kappa shape index (κ2) is 7.72. The average molecular weight is 379 g/mol. The molecule has 136 valence electrons. The number of aliphatic carboxylic acids is 1. The first-order valence-corrected chi connectivity index (χ1v) is 8.55. The summed E-state index contributed by atoms with van der Waals surface area (Å²) in [5.41, 5.74) is 0.339. The number of carboxylic acid groups (broad SMARTS) is 1. The summed E-state index contributed by atoms with van der Waals surface area (Å²) < 4.78 is 25.6. The number of anilines is 1. The Morgan fingerprint density at radius 2 is 1.62 bits per heavy atom. The summed E-state index contributed by atoms with van der Waals surface area (Å²) in [6, 6.07) is 10.0. The normalized spacial score (nSPS) is 10.9. The Bertz CT molecular complexity index is 938. The van der Waals surface area contributed by atoms with Gasteiger partial charge in [-0.15, -0.1) is 0 Å². The van der Waals surface area contributed by atoms with Crippen LogP contribution in [0, 0.1) is 10.1 Å². The highest BCUT2D eigenvalue weighted by Crippen LogP contribution is 2.16. The quantitative estimate of drug-likeness (QED) is 0.482. The van der Waals surface area contributed by atoms with Crippen molar-refractivity contribution >= 4 is 33.3 Å². The van der Waals surface area contributed by atoms with E-state index in [0.717, 1.165) is 0 Å². The third-order valence-corrected chi connectivity index (χ3v) is 4.59. The van der Waals surface area contributed by atoms with Gasteiger partial charge in [0, 0.05) is 23.4 Å². The standard InChI is InChI=1S/C15H13N3O7S/c19-14(20)9-16-26(24,25)13-7-3-11(4-8-13)17-15(21)10-1-5-12(6-2-10)18(22)23/h1-8,16H,9H2,(H,17,21)(H,19,20). The highest BCUT2D eigenvalue weighted by Gasteiger charge is 2.15. The number of carbonyl (C=O) groups is 2. The number of rotatable bonds is 7. The zero-order valence-corrected chi connectivity index (χ0v) is 13.9. The number of nitro groups is 1. The molecule has 2 rings (SSSR count). The van der Waals surface area contributed by atoms with E-state index in [1.807, 2.05) is 4.72 Å². The number of hydrogen-bond acceptors (Lipinski definition) is 6. The van der Waals surface area contributed by atoms with Gasteiger partial charge in [0.2, 0.25) is 10.0 Å². The predicted molar refractivity (Wildman–Crippen MR) is 90.3 cm³/mol. The van der Waals surface area contributed by atoms with Gasteiger partial charge in [0.15, 0.2) is 0 Å². The fraction of sp³-hybridized carbons (Fsp3) is 0.0667. The van der Waals surface area contributed by atoms with Crippen LogP contribution in [0.1, 0.15) is 10.4 Å². The molecule has 1 amide bonds. The van der Waals surface area contributed by atoms with E-state index in [1.165, 1.54) is 48.5 Å². The van der Waals surface area contributed by atoms with Gasteiger partial charge in [-0.05, 0) is 36.4 Å². The molecule has 0 atom stereocenters. The molecule has 0 saturated carbocycles. The number of nitro benzene ring substituents is 1. The van der Waals surface area contributed by atoms with Crippen molar-refractivity contribution in [3.05, 3.63) is 64.2 Å². The Balaban J connectivity index is 2.07. The second-order valence-corrected chi connectivity index (χ2v) is 6.77. The van der Waals surface area contributed by atoms with Crippen molar-refractivity contribution in [1.29, 1.82) is 0 Å². The summed E-state index contributed by atoms with van der Waals surface area (Å²) in [4.78, 5) is 32.4. The highest BCUT2D eigenvalue weighted by atomic mass is 32.2. The van der Waals surface area contributed by atoms with Crippen molar-refractivity contribution in [1.82, 2.24) is 4.72 Å². The van der Waals surface area contributed by atoms with Crippen LogP contribution < -0.4 is 10.0 Å². The first-order valence-electron chi connectivity index (χ1n) is 7.06. The highest BCUT2D eigenvalue weighted by molar-refractivity contribution is 7.89. The van der Waals surface area contributed by atoms with Crippen molar-refractivity contribution in [2.75, 3.05) is 11.9 Å². The maximum absolute atomic E-state index is 12.1. The zero-order valence-electron chi connectivity index (χ0n) is 13.1. The molecule has 0 heterocycles. The first-order chi connectivity index (χ1) is 12.2. The van der Waals surface area contributed by atoms with Crippen LogP contribution in [0.25, 0.3) is 0 Å². The van der Waals surface area contributed by atoms with E-state index in [1.54, 1.807) is 0 Å². The Kier molecular flexibility index (Phi) is 5.64. The molecule has 26 heavy (non-hydrogen) atoms. The van der Waals surface area contributed by atoms with Crippen molar-refractivity contribution in [3.63, 3.8) is 0 Å². The van der Waals surface area contributed by atoms with Crippen LogP contribution in [0.5, 0.6) is 0 Å². The van der Waals surface area contributed by atoms with Crippen LogP contribution in [0.3, 0.4) is 0 Å². The van der Waals surface area contributed by atoms with Gasteiger partial charge in [0.1, 0.15) is 6.54 Å². The predicted octanol–water partition coefficient (Wildman–Crippen LogP) is 1.21. The van der Waals surface area contributed by atoms with Gasteiger partial charge in [-0.25, -0.2) is 8.42 Å². The van der Waals surface area contributed by atoms with Crippen LogP contribution in [0.2, 0.25) is 0 Å². The van der Waals surface area contributed by atoms with Crippen LogP contribution in [0.15, 0.2) is 53.4 Å². The third kappa shape index (κ3) is 4.84. The smallest absolute Gasteiger partial charge is 0.318 e. The summed E-state index contributed by atoms with van der Waals surface area (Å²) in [6.45, 7) is -0.749. The molecule has 0 aliphatic rings. The van der Waals surface area contributed by atoms with Crippen molar-refractivity contribution in [3.8, 4) is 0 Å². The van der Waals surface area contributed by atoms with Gasteiger partial charge in [-0.3, -0.25) is 19.7 Å². The average Bonchev–Trinajstić information content (AvgIpc) is 2.60.